The second-order valence-electron chi connectivity index (χ2n) is 1.87. The third-order valence-corrected chi connectivity index (χ3v) is 2.02. The molecule has 2 nitrogen and oxygen atoms in total. The van der Waals surface area contributed by atoms with Gasteiger partial charge in [0.25, 0.3) is 0 Å². The van der Waals surface area contributed by atoms with Crippen LogP contribution in [0.5, 0.6) is 5.75 Å². The van der Waals surface area contributed by atoms with Crippen LogP contribution >= 0.6 is 22.6 Å². The van der Waals surface area contributed by atoms with Crippen LogP contribution in [-0.2, 0) is 0 Å². The maximum Gasteiger partial charge on any atom is 0.179 e. The number of nitriles is 1. The second kappa shape index (κ2) is 3.05. The number of benzene rings is 1. The van der Waals surface area contributed by atoms with E-state index in [0.29, 0.717) is 3.57 Å². The van der Waals surface area contributed by atoms with Gasteiger partial charge in [-0.25, -0.2) is 4.39 Å². The summed E-state index contributed by atoms with van der Waals surface area (Å²) in [7, 11) is 0. The molecule has 0 spiro atoms. The lowest BCUT2D eigenvalue weighted by Gasteiger charge is -1.98. The van der Waals surface area contributed by atoms with Gasteiger partial charge in [-0.2, -0.15) is 5.26 Å². The molecule has 0 aliphatic heterocycles. The molecule has 1 N–H and O–H groups in total. The Balaban J connectivity index is 3.40. The number of halogens is 2. The Morgan fingerprint density at radius 1 is 1.55 bits per heavy atom. The molecule has 4 heteroatoms. The first-order chi connectivity index (χ1) is 5.16. The molecule has 0 amide bonds. The van der Waals surface area contributed by atoms with Gasteiger partial charge in [0.1, 0.15) is 6.07 Å². The van der Waals surface area contributed by atoms with Gasteiger partial charge < -0.3 is 5.11 Å². The summed E-state index contributed by atoms with van der Waals surface area (Å²) >= 11 is 1.74. The van der Waals surface area contributed by atoms with E-state index < -0.39 is 11.6 Å². The first kappa shape index (κ1) is 8.27. The third kappa shape index (κ3) is 1.43. The van der Waals surface area contributed by atoms with Crippen molar-refractivity contribution in [2.75, 3.05) is 0 Å². The molecule has 0 radical (unpaired) electrons. The van der Waals surface area contributed by atoms with Crippen molar-refractivity contribution in [2.24, 2.45) is 0 Å². The molecule has 11 heavy (non-hydrogen) atoms. The minimum Gasteiger partial charge on any atom is -0.504 e. The monoisotopic (exact) mass is 263 g/mol. The number of hydrogen-bond donors (Lipinski definition) is 1. The molecular formula is C7H3FINO. The van der Waals surface area contributed by atoms with Crippen LogP contribution in [0.25, 0.3) is 0 Å². The van der Waals surface area contributed by atoms with Crippen LogP contribution < -0.4 is 0 Å². The number of rotatable bonds is 0. The van der Waals surface area contributed by atoms with Crippen LogP contribution in [0.15, 0.2) is 12.1 Å². The smallest absolute Gasteiger partial charge is 0.179 e. The highest BCUT2D eigenvalue weighted by Gasteiger charge is 2.09. The molecule has 0 unspecified atom stereocenters. The average Bonchev–Trinajstić information content (AvgIpc) is 2.01. The summed E-state index contributed by atoms with van der Waals surface area (Å²) in [6.45, 7) is 0. The molecule has 56 valence electrons. The Morgan fingerprint density at radius 3 is 2.73 bits per heavy atom. The summed E-state index contributed by atoms with van der Waals surface area (Å²) in [5.41, 5.74) is -0.0390. The van der Waals surface area contributed by atoms with Crippen LogP contribution in [0.2, 0.25) is 0 Å². The average molecular weight is 263 g/mol. The van der Waals surface area contributed by atoms with Crippen molar-refractivity contribution in [1.82, 2.24) is 0 Å². The van der Waals surface area contributed by atoms with Crippen LogP contribution in [0, 0.1) is 20.7 Å². The van der Waals surface area contributed by atoms with Crippen molar-refractivity contribution >= 4 is 22.6 Å². The normalized spacial score (nSPS) is 9.18. The highest BCUT2D eigenvalue weighted by Crippen LogP contribution is 2.24. The standard InChI is InChI=1S/C7H3FINO/c8-6-5(9)2-1-4(3-10)7(6)11/h1-2,11H. The lowest BCUT2D eigenvalue weighted by Crippen LogP contribution is -1.85. The Kier molecular flexibility index (Phi) is 2.29. The van der Waals surface area contributed by atoms with Crippen molar-refractivity contribution in [3.63, 3.8) is 0 Å². The SMILES string of the molecule is N#Cc1ccc(I)c(F)c1O. The Morgan fingerprint density at radius 2 is 2.18 bits per heavy atom. The van der Waals surface area contributed by atoms with Crippen LogP contribution in [-0.4, -0.2) is 5.11 Å². The predicted octanol–water partition coefficient (Wildman–Crippen LogP) is 2.01. The Bertz CT molecular complexity index is 332. The molecule has 0 fully saturated rings. The molecule has 1 aromatic rings. The molecule has 0 aliphatic rings. The highest BCUT2D eigenvalue weighted by atomic mass is 127. The van der Waals surface area contributed by atoms with E-state index in [0.717, 1.165) is 0 Å². The van der Waals surface area contributed by atoms with E-state index in [1.165, 1.54) is 12.1 Å². The summed E-state index contributed by atoms with van der Waals surface area (Å²) in [5, 5.41) is 17.3. The quantitative estimate of drug-likeness (QED) is 0.727. The Hall–Kier alpha value is -0.830. The number of phenols is 1. The first-order valence-electron chi connectivity index (χ1n) is 2.74. The summed E-state index contributed by atoms with van der Waals surface area (Å²) in [6.07, 6.45) is 0. The fraction of sp³-hybridized carbons (Fsp3) is 0. The van der Waals surface area contributed by atoms with Gasteiger partial charge in [0.2, 0.25) is 0 Å². The van der Waals surface area contributed by atoms with Gasteiger partial charge in [0.15, 0.2) is 11.6 Å². The molecule has 0 bridgehead atoms. The maximum atomic E-state index is 12.8. The van der Waals surface area contributed by atoms with E-state index in [1.54, 1.807) is 28.7 Å². The number of aromatic hydroxyl groups is 1. The minimum atomic E-state index is -0.732. The molecule has 1 aromatic carbocycles. The lowest BCUT2D eigenvalue weighted by molar-refractivity contribution is 0.428. The van der Waals surface area contributed by atoms with E-state index >= 15 is 0 Å². The molecular weight excluding hydrogens is 260 g/mol. The molecule has 1 rings (SSSR count). The van der Waals surface area contributed by atoms with E-state index in [2.05, 4.69) is 0 Å². The van der Waals surface area contributed by atoms with Crippen molar-refractivity contribution in [1.29, 1.82) is 5.26 Å². The molecule has 0 saturated carbocycles. The van der Waals surface area contributed by atoms with Gasteiger partial charge >= 0.3 is 0 Å². The predicted molar refractivity (Wildman–Crippen MR) is 45.5 cm³/mol. The highest BCUT2D eigenvalue weighted by molar-refractivity contribution is 14.1. The number of phenolic OH excluding ortho intramolecular Hbond substituents is 1. The zero-order valence-corrected chi connectivity index (χ0v) is 7.46. The summed E-state index contributed by atoms with van der Waals surface area (Å²) < 4.78 is 13.1. The molecule has 0 aromatic heterocycles. The van der Waals surface area contributed by atoms with E-state index in [4.69, 9.17) is 10.4 Å². The summed E-state index contributed by atoms with van der Waals surface area (Å²) in [6, 6.07) is 4.48. The minimum absolute atomic E-state index is 0.0390. The van der Waals surface area contributed by atoms with Crippen LogP contribution in [0.4, 0.5) is 4.39 Å². The Labute approximate surface area is 76.4 Å². The van der Waals surface area contributed by atoms with Crippen molar-refractivity contribution in [3.05, 3.63) is 27.1 Å². The molecule has 0 saturated heterocycles. The van der Waals surface area contributed by atoms with E-state index in [-0.39, 0.29) is 5.56 Å². The van der Waals surface area contributed by atoms with Crippen LogP contribution in [0.3, 0.4) is 0 Å². The van der Waals surface area contributed by atoms with Gasteiger partial charge in [-0.15, -0.1) is 0 Å². The zero-order valence-electron chi connectivity index (χ0n) is 5.31. The van der Waals surface area contributed by atoms with E-state index in [9.17, 15) is 4.39 Å². The van der Waals surface area contributed by atoms with Crippen molar-refractivity contribution in [2.45, 2.75) is 0 Å². The third-order valence-electron chi connectivity index (χ3n) is 1.19. The molecule has 0 atom stereocenters. The first-order valence-corrected chi connectivity index (χ1v) is 3.81. The summed E-state index contributed by atoms with van der Waals surface area (Å²) in [5.74, 6) is -1.30. The molecule has 0 aliphatic carbocycles. The van der Waals surface area contributed by atoms with Gasteiger partial charge in [0, 0.05) is 0 Å². The van der Waals surface area contributed by atoms with Crippen molar-refractivity contribution < 1.29 is 9.50 Å². The maximum absolute atomic E-state index is 12.8. The lowest BCUT2D eigenvalue weighted by atomic mass is 10.2. The number of nitrogens with zero attached hydrogens (tertiary/aromatic N) is 1. The van der Waals surface area contributed by atoms with E-state index in [1.807, 2.05) is 0 Å². The van der Waals surface area contributed by atoms with Gasteiger partial charge in [0.05, 0.1) is 9.13 Å². The van der Waals surface area contributed by atoms with Crippen LogP contribution in [0.1, 0.15) is 5.56 Å². The van der Waals surface area contributed by atoms with Crippen molar-refractivity contribution in [3.8, 4) is 11.8 Å². The van der Waals surface area contributed by atoms with Gasteiger partial charge in [-0.3, -0.25) is 0 Å². The fourth-order valence-corrected chi connectivity index (χ4v) is 1.07. The zero-order chi connectivity index (χ0) is 8.43. The molecule has 0 heterocycles. The largest absolute Gasteiger partial charge is 0.504 e. The number of hydrogen-bond acceptors (Lipinski definition) is 2. The van der Waals surface area contributed by atoms with Gasteiger partial charge in [-0.05, 0) is 34.7 Å². The topological polar surface area (TPSA) is 44.0 Å². The second-order valence-corrected chi connectivity index (χ2v) is 3.03. The fourth-order valence-electron chi connectivity index (χ4n) is 0.630. The van der Waals surface area contributed by atoms with Gasteiger partial charge in [-0.1, -0.05) is 0 Å². The summed E-state index contributed by atoms with van der Waals surface area (Å²) in [4.78, 5) is 0.